The van der Waals surface area contributed by atoms with Gasteiger partial charge < -0.3 is 24.2 Å². The van der Waals surface area contributed by atoms with E-state index in [1.54, 1.807) is 0 Å². The van der Waals surface area contributed by atoms with Crippen LogP contribution in [0, 0.1) is 5.92 Å². The summed E-state index contributed by atoms with van der Waals surface area (Å²) >= 11 is 0. The Morgan fingerprint density at radius 3 is 2.19 bits per heavy atom. The van der Waals surface area contributed by atoms with Crippen molar-refractivity contribution < 1.29 is 19.3 Å². The summed E-state index contributed by atoms with van der Waals surface area (Å²) in [6.07, 6.45) is 4.47. The topological polar surface area (TPSA) is 63.5 Å². The fourth-order valence-electron chi connectivity index (χ4n) is 3.77. The number of amidine groups is 1. The zero-order valence-electron chi connectivity index (χ0n) is 17.4. The van der Waals surface area contributed by atoms with Gasteiger partial charge in [-0.2, -0.15) is 0 Å². The maximum absolute atomic E-state index is 10.8. The Balaban J connectivity index is 2.26. The molecule has 0 saturated heterocycles. The van der Waals surface area contributed by atoms with Crippen molar-refractivity contribution in [1.82, 2.24) is 4.90 Å². The first-order chi connectivity index (χ1) is 12.3. The Bertz CT molecular complexity index is 461. The average molecular weight is 371 g/mol. The summed E-state index contributed by atoms with van der Waals surface area (Å²) in [6.45, 7) is 9.40. The van der Waals surface area contributed by atoms with Crippen LogP contribution in [-0.2, 0) is 14.2 Å². The maximum Gasteiger partial charge on any atom is 0.287 e. The molecule has 0 spiro atoms. The summed E-state index contributed by atoms with van der Waals surface area (Å²) < 4.78 is 18.7. The molecule has 1 aliphatic heterocycles. The first kappa shape index (κ1) is 21.5. The smallest absolute Gasteiger partial charge is 0.287 e. The lowest BCUT2D eigenvalue weighted by atomic mass is 9.72. The number of fused-ring (bicyclic) bond motifs is 1. The number of hydrogen-bond acceptors (Lipinski definition) is 6. The third-order valence-corrected chi connectivity index (χ3v) is 5.35. The average Bonchev–Trinajstić information content (AvgIpc) is 2.99. The number of aliphatic hydroxyl groups is 1. The van der Waals surface area contributed by atoms with E-state index < -0.39 is 5.60 Å². The molecule has 0 aromatic rings. The molecule has 1 aliphatic carbocycles. The van der Waals surface area contributed by atoms with Gasteiger partial charge in [0.1, 0.15) is 18.2 Å². The highest BCUT2D eigenvalue weighted by Gasteiger charge is 2.54. The maximum atomic E-state index is 10.8. The summed E-state index contributed by atoms with van der Waals surface area (Å²) in [5.74, 6) is -0.0519. The van der Waals surface area contributed by atoms with E-state index in [0.29, 0.717) is 19.2 Å². The number of nitrogens with zero attached hydrogens (tertiary/aromatic N) is 2. The van der Waals surface area contributed by atoms with E-state index in [9.17, 15) is 5.11 Å². The minimum Gasteiger partial charge on any atom is -0.459 e. The third kappa shape index (κ3) is 5.11. The van der Waals surface area contributed by atoms with Crippen molar-refractivity contribution in [3.05, 3.63) is 0 Å². The lowest BCUT2D eigenvalue weighted by Gasteiger charge is -2.46. The van der Waals surface area contributed by atoms with Crippen LogP contribution in [0.4, 0.5) is 0 Å². The molecule has 0 aromatic carbocycles. The summed E-state index contributed by atoms with van der Waals surface area (Å²) in [7, 11) is 3.87. The van der Waals surface area contributed by atoms with Crippen LogP contribution in [0.3, 0.4) is 0 Å². The highest BCUT2D eigenvalue weighted by Crippen LogP contribution is 2.41. The number of hydrogen-bond donors (Lipinski definition) is 1. The van der Waals surface area contributed by atoms with Gasteiger partial charge in [-0.1, -0.05) is 26.7 Å². The Kier molecular flexibility index (Phi) is 7.74. The number of rotatable bonds is 9. The SMILES string of the molecule is CCCCO[C@@H]1[C@H]2N=C(N(C)C)O[C@H]2C[C@H](C(C)(C)O)[C@H]1OCCCC. The molecule has 1 saturated carbocycles. The van der Waals surface area contributed by atoms with E-state index in [2.05, 4.69) is 13.8 Å². The Morgan fingerprint density at radius 2 is 1.69 bits per heavy atom. The highest BCUT2D eigenvalue weighted by atomic mass is 16.6. The van der Waals surface area contributed by atoms with E-state index in [0.717, 1.165) is 32.1 Å². The Morgan fingerprint density at radius 1 is 1.12 bits per heavy atom. The predicted octanol–water partition coefficient (Wildman–Crippen LogP) is 2.83. The molecule has 6 heteroatoms. The zero-order chi connectivity index (χ0) is 19.3. The van der Waals surface area contributed by atoms with Crippen molar-refractivity contribution in [2.75, 3.05) is 27.3 Å². The summed E-state index contributed by atoms with van der Waals surface area (Å²) in [5, 5.41) is 10.8. The van der Waals surface area contributed by atoms with Gasteiger partial charge >= 0.3 is 0 Å². The molecule has 0 amide bonds. The van der Waals surface area contributed by atoms with Crippen molar-refractivity contribution in [2.45, 2.75) is 89.8 Å². The molecule has 0 unspecified atom stereocenters. The van der Waals surface area contributed by atoms with E-state index in [-0.39, 0.29) is 30.3 Å². The van der Waals surface area contributed by atoms with Crippen molar-refractivity contribution in [3.8, 4) is 0 Å². The fraction of sp³-hybridized carbons (Fsp3) is 0.950. The largest absolute Gasteiger partial charge is 0.459 e. The van der Waals surface area contributed by atoms with Gasteiger partial charge in [0, 0.05) is 33.2 Å². The number of ether oxygens (including phenoxy) is 3. The standard InChI is InChI=1S/C20H38N2O4/c1-7-9-11-24-17-14(20(3,4)23)13-15-16(18(17)25-12-10-8-2)21-19(26-15)22(5)6/h14-18,23H,7-13H2,1-6H3/t14-,15-,16-,17+,18+/m0/s1. The molecule has 6 nitrogen and oxygen atoms in total. The van der Waals surface area contributed by atoms with Crippen molar-refractivity contribution >= 4 is 6.02 Å². The second-order valence-corrected chi connectivity index (χ2v) is 8.33. The molecular formula is C20H38N2O4. The summed E-state index contributed by atoms with van der Waals surface area (Å²) in [6, 6.07) is 0.572. The van der Waals surface area contributed by atoms with Gasteiger partial charge in [0.05, 0.1) is 11.7 Å². The van der Waals surface area contributed by atoms with Crippen molar-refractivity contribution in [2.24, 2.45) is 10.9 Å². The normalized spacial score (nSPS) is 31.3. The molecule has 152 valence electrons. The Hall–Kier alpha value is -0.850. The molecule has 2 aliphatic rings. The molecule has 26 heavy (non-hydrogen) atoms. The second kappa shape index (κ2) is 9.38. The van der Waals surface area contributed by atoms with Crippen molar-refractivity contribution in [3.63, 3.8) is 0 Å². The molecule has 1 fully saturated rings. The van der Waals surface area contributed by atoms with Gasteiger partial charge in [-0.3, -0.25) is 0 Å². The summed E-state index contributed by atoms with van der Waals surface area (Å²) in [5.41, 5.74) is -0.863. The van der Waals surface area contributed by atoms with Gasteiger partial charge in [0.2, 0.25) is 0 Å². The lowest BCUT2D eigenvalue weighted by molar-refractivity contribution is -0.179. The minimum atomic E-state index is -0.863. The van der Waals surface area contributed by atoms with Gasteiger partial charge in [0.15, 0.2) is 0 Å². The van der Waals surface area contributed by atoms with Gasteiger partial charge in [-0.25, -0.2) is 4.99 Å². The van der Waals surface area contributed by atoms with Gasteiger partial charge in [-0.15, -0.1) is 0 Å². The van der Waals surface area contributed by atoms with Crippen LogP contribution in [0.15, 0.2) is 4.99 Å². The molecule has 2 rings (SSSR count). The van der Waals surface area contributed by atoms with Crippen LogP contribution in [0.25, 0.3) is 0 Å². The molecule has 1 N–H and O–H groups in total. The third-order valence-electron chi connectivity index (χ3n) is 5.35. The van der Waals surface area contributed by atoms with Crippen LogP contribution in [0.2, 0.25) is 0 Å². The van der Waals surface area contributed by atoms with Gasteiger partial charge in [0.25, 0.3) is 6.02 Å². The molecule has 0 radical (unpaired) electrons. The predicted molar refractivity (Wildman–Crippen MR) is 103 cm³/mol. The minimum absolute atomic E-state index is 0.0519. The van der Waals surface area contributed by atoms with E-state index >= 15 is 0 Å². The van der Waals surface area contributed by atoms with Crippen LogP contribution < -0.4 is 0 Å². The first-order valence-corrected chi connectivity index (χ1v) is 10.2. The van der Waals surface area contributed by atoms with Crippen LogP contribution >= 0.6 is 0 Å². The number of unbranched alkanes of at least 4 members (excludes halogenated alkanes) is 2. The lowest BCUT2D eigenvalue weighted by Crippen LogP contribution is -2.59. The second-order valence-electron chi connectivity index (χ2n) is 8.33. The molecule has 0 aromatic heterocycles. The van der Waals surface area contributed by atoms with E-state index in [1.807, 2.05) is 32.8 Å². The van der Waals surface area contributed by atoms with Crippen LogP contribution in [0.1, 0.15) is 59.8 Å². The summed E-state index contributed by atoms with van der Waals surface area (Å²) in [4.78, 5) is 6.69. The van der Waals surface area contributed by atoms with Crippen molar-refractivity contribution in [1.29, 1.82) is 0 Å². The Labute approximate surface area is 158 Å². The first-order valence-electron chi connectivity index (χ1n) is 10.2. The van der Waals surface area contributed by atoms with Gasteiger partial charge in [-0.05, 0) is 33.1 Å². The van der Waals surface area contributed by atoms with Crippen LogP contribution in [-0.4, -0.2) is 73.3 Å². The van der Waals surface area contributed by atoms with Crippen LogP contribution in [0.5, 0.6) is 0 Å². The molecule has 1 heterocycles. The zero-order valence-corrected chi connectivity index (χ0v) is 17.4. The molecular weight excluding hydrogens is 332 g/mol. The molecule has 0 bridgehead atoms. The quantitative estimate of drug-likeness (QED) is 0.632. The monoisotopic (exact) mass is 370 g/mol. The molecule has 5 atom stereocenters. The highest BCUT2D eigenvalue weighted by molar-refractivity contribution is 5.75. The fourth-order valence-corrected chi connectivity index (χ4v) is 3.77. The van der Waals surface area contributed by atoms with E-state index in [4.69, 9.17) is 19.2 Å². The number of aliphatic imine (C=N–C) groups is 1. The van der Waals surface area contributed by atoms with E-state index in [1.165, 1.54) is 0 Å².